The molecule has 1 saturated carbocycles. The number of carbonyl (C=O) groups excluding carboxylic acids is 2. The van der Waals surface area contributed by atoms with Crippen molar-refractivity contribution in [2.45, 2.75) is 38.0 Å². The lowest BCUT2D eigenvalue weighted by Crippen LogP contribution is -2.46. The minimum atomic E-state index is -0.0995. The third-order valence-electron chi connectivity index (χ3n) is 4.05. The highest BCUT2D eigenvalue weighted by atomic mass is 16.2. The third kappa shape index (κ3) is 3.59. The van der Waals surface area contributed by atoms with Crippen molar-refractivity contribution < 1.29 is 9.59 Å². The predicted molar refractivity (Wildman–Crippen MR) is 78.3 cm³/mol. The maximum absolute atomic E-state index is 11.8. The lowest BCUT2D eigenvalue weighted by atomic mass is 9.64. The van der Waals surface area contributed by atoms with E-state index >= 15 is 0 Å². The van der Waals surface area contributed by atoms with Gasteiger partial charge in [-0.2, -0.15) is 0 Å². The first-order valence-corrected chi connectivity index (χ1v) is 7.19. The summed E-state index contributed by atoms with van der Waals surface area (Å²) in [5.74, 6) is -0.0986. The maximum Gasteiger partial charge on any atom is 0.221 e. The molecule has 0 saturated heterocycles. The molecule has 4 heteroatoms. The highest BCUT2D eigenvalue weighted by molar-refractivity contribution is 5.78. The van der Waals surface area contributed by atoms with Gasteiger partial charge in [0.15, 0.2) is 0 Å². The Balaban J connectivity index is 1.82. The summed E-state index contributed by atoms with van der Waals surface area (Å²) in [5.41, 5.74) is 1.43. The molecule has 2 rings (SSSR count). The van der Waals surface area contributed by atoms with Crippen molar-refractivity contribution in [2.75, 3.05) is 13.1 Å². The van der Waals surface area contributed by atoms with Crippen molar-refractivity contribution in [3.63, 3.8) is 0 Å². The quantitative estimate of drug-likeness (QED) is 0.830. The Morgan fingerprint density at radius 2 is 1.85 bits per heavy atom. The fourth-order valence-corrected chi connectivity index (χ4v) is 2.67. The van der Waals surface area contributed by atoms with Crippen molar-refractivity contribution in [3.8, 4) is 0 Å². The van der Waals surface area contributed by atoms with E-state index in [9.17, 15) is 9.59 Å². The van der Waals surface area contributed by atoms with Crippen LogP contribution < -0.4 is 10.6 Å². The van der Waals surface area contributed by atoms with Gasteiger partial charge in [-0.15, -0.1) is 0 Å². The minimum absolute atomic E-state index is 0.000885. The Bertz CT molecular complexity index is 467. The number of nitrogens with one attached hydrogen (secondary N) is 2. The SMILES string of the molecule is CC(=O)NCCC(=O)NCC1(c2ccccc2)CCC1. The number of amides is 2. The molecule has 0 atom stereocenters. The Kier molecular flexibility index (Phi) is 4.77. The second kappa shape index (κ2) is 6.55. The van der Waals surface area contributed by atoms with E-state index in [0.717, 1.165) is 12.8 Å². The van der Waals surface area contributed by atoms with E-state index in [1.165, 1.54) is 18.9 Å². The average Bonchev–Trinajstić information content (AvgIpc) is 2.38. The largest absolute Gasteiger partial charge is 0.356 e. The topological polar surface area (TPSA) is 58.2 Å². The smallest absolute Gasteiger partial charge is 0.221 e. The molecule has 2 amide bonds. The van der Waals surface area contributed by atoms with Gasteiger partial charge in [-0.1, -0.05) is 36.8 Å². The van der Waals surface area contributed by atoms with Gasteiger partial charge < -0.3 is 10.6 Å². The van der Waals surface area contributed by atoms with Crippen LogP contribution in [0.25, 0.3) is 0 Å². The van der Waals surface area contributed by atoms with Crippen LogP contribution in [-0.2, 0) is 15.0 Å². The molecule has 1 aliphatic carbocycles. The van der Waals surface area contributed by atoms with Crippen LogP contribution in [0.5, 0.6) is 0 Å². The summed E-state index contributed by atoms with van der Waals surface area (Å²) in [6.45, 7) is 2.55. The molecule has 0 aromatic heterocycles. The molecule has 0 bridgehead atoms. The number of benzene rings is 1. The Hall–Kier alpha value is -1.84. The van der Waals surface area contributed by atoms with Gasteiger partial charge >= 0.3 is 0 Å². The molecular formula is C16H22N2O2. The molecule has 1 aromatic carbocycles. The highest BCUT2D eigenvalue weighted by Crippen LogP contribution is 2.43. The average molecular weight is 274 g/mol. The van der Waals surface area contributed by atoms with E-state index in [4.69, 9.17) is 0 Å². The minimum Gasteiger partial charge on any atom is -0.356 e. The number of hydrogen-bond donors (Lipinski definition) is 2. The predicted octanol–water partition coefficient (Wildman–Crippen LogP) is 1.75. The number of hydrogen-bond acceptors (Lipinski definition) is 2. The first-order chi connectivity index (χ1) is 9.62. The van der Waals surface area contributed by atoms with Crippen molar-refractivity contribution in [1.82, 2.24) is 10.6 Å². The molecule has 2 N–H and O–H groups in total. The first kappa shape index (κ1) is 14.6. The first-order valence-electron chi connectivity index (χ1n) is 7.19. The van der Waals surface area contributed by atoms with Gasteiger partial charge in [0.05, 0.1) is 0 Å². The van der Waals surface area contributed by atoms with Crippen molar-refractivity contribution in [1.29, 1.82) is 0 Å². The maximum atomic E-state index is 11.8. The summed E-state index contributed by atoms with van der Waals surface area (Å²) in [6.07, 6.45) is 3.81. The summed E-state index contributed by atoms with van der Waals surface area (Å²) in [6, 6.07) is 10.4. The zero-order valence-electron chi connectivity index (χ0n) is 11.9. The van der Waals surface area contributed by atoms with Crippen LogP contribution in [0, 0.1) is 0 Å². The van der Waals surface area contributed by atoms with Crippen LogP contribution in [-0.4, -0.2) is 24.9 Å². The van der Waals surface area contributed by atoms with E-state index in [1.54, 1.807) is 0 Å². The molecular weight excluding hydrogens is 252 g/mol. The molecule has 0 spiro atoms. The van der Waals surface area contributed by atoms with Gasteiger partial charge in [0.25, 0.3) is 0 Å². The lowest BCUT2D eigenvalue weighted by molar-refractivity contribution is -0.122. The monoisotopic (exact) mass is 274 g/mol. The molecule has 20 heavy (non-hydrogen) atoms. The van der Waals surface area contributed by atoms with E-state index in [2.05, 4.69) is 22.8 Å². The van der Waals surface area contributed by atoms with Gasteiger partial charge in [-0.3, -0.25) is 9.59 Å². The van der Waals surface area contributed by atoms with E-state index in [1.807, 2.05) is 18.2 Å². The Labute approximate surface area is 119 Å². The van der Waals surface area contributed by atoms with Gasteiger partial charge in [0, 0.05) is 31.8 Å². The van der Waals surface area contributed by atoms with Crippen LogP contribution in [0.1, 0.15) is 38.2 Å². The van der Waals surface area contributed by atoms with Crippen molar-refractivity contribution in [3.05, 3.63) is 35.9 Å². The fourth-order valence-electron chi connectivity index (χ4n) is 2.67. The molecule has 0 radical (unpaired) electrons. The highest BCUT2D eigenvalue weighted by Gasteiger charge is 2.38. The summed E-state index contributed by atoms with van der Waals surface area (Å²) in [4.78, 5) is 22.5. The van der Waals surface area contributed by atoms with Crippen molar-refractivity contribution in [2.24, 2.45) is 0 Å². The van der Waals surface area contributed by atoms with E-state index < -0.39 is 0 Å². The number of rotatable bonds is 6. The summed E-state index contributed by atoms with van der Waals surface area (Å²) < 4.78 is 0. The zero-order valence-corrected chi connectivity index (χ0v) is 11.9. The second-order valence-electron chi connectivity index (χ2n) is 5.51. The molecule has 1 aliphatic rings. The number of carbonyl (C=O) groups is 2. The molecule has 0 heterocycles. The van der Waals surface area contributed by atoms with Gasteiger partial charge in [0.1, 0.15) is 0 Å². The van der Waals surface area contributed by atoms with Crippen LogP contribution >= 0.6 is 0 Å². The van der Waals surface area contributed by atoms with Crippen LogP contribution in [0.2, 0.25) is 0 Å². The van der Waals surface area contributed by atoms with E-state index in [0.29, 0.717) is 19.5 Å². The molecule has 1 fully saturated rings. The Morgan fingerprint density at radius 3 is 2.40 bits per heavy atom. The van der Waals surface area contributed by atoms with Crippen LogP contribution in [0.15, 0.2) is 30.3 Å². The van der Waals surface area contributed by atoms with Gasteiger partial charge in [0.2, 0.25) is 11.8 Å². The summed E-state index contributed by atoms with van der Waals surface area (Å²) in [7, 11) is 0. The van der Waals surface area contributed by atoms with Gasteiger partial charge in [-0.25, -0.2) is 0 Å². The Morgan fingerprint density at radius 1 is 1.15 bits per heavy atom. The van der Waals surface area contributed by atoms with E-state index in [-0.39, 0.29) is 17.2 Å². The fraction of sp³-hybridized carbons (Fsp3) is 0.500. The molecule has 108 valence electrons. The van der Waals surface area contributed by atoms with Gasteiger partial charge in [-0.05, 0) is 18.4 Å². The zero-order chi connectivity index (χ0) is 14.4. The third-order valence-corrected chi connectivity index (χ3v) is 4.05. The lowest BCUT2D eigenvalue weighted by Gasteiger charge is -2.42. The van der Waals surface area contributed by atoms with Crippen LogP contribution in [0.3, 0.4) is 0 Å². The van der Waals surface area contributed by atoms with Crippen molar-refractivity contribution >= 4 is 11.8 Å². The standard InChI is InChI=1S/C16H22N2O2/c1-13(19)17-11-8-15(20)18-12-16(9-5-10-16)14-6-3-2-4-7-14/h2-4,6-7H,5,8-12H2,1H3,(H,17,19)(H,18,20). The summed E-state index contributed by atoms with van der Waals surface area (Å²) >= 11 is 0. The second-order valence-corrected chi connectivity index (χ2v) is 5.51. The molecule has 1 aromatic rings. The normalized spacial score (nSPS) is 16.1. The summed E-state index contributed by atoms with van der Waals surface area (Å²) in [5, 5.41) is 5.64. The molecule has 0 aliphatic heterocycles. The molecule has 0 unspecified atom stereocenters. The van der Waals surface area contributed by atoms with Crippen LogP contribution in [0.4, 0.5) is 0 Å². The molecule has 4 nitrogen and oxygen atoms in total.